The number of hydrogen-bond donors (Lipinski definition) is 1. The van der Waals surface area contributed by atoms with Crippen molar-refractivity contribution in [1.29, 1.82) is 0 Å². The topological polar surface area (TPSA) is 37.3 Å². The van der Waals surface area contributed by atoms with Crippen LogP contribution in [0.15, 0.2) is 45.3 Å². The molecule has 2 rings (SSSR count). The van der Waals surface area contributed by atoms with Gasteiger partial charge in [-0.25, -0.2) is 4.79 Å². The normalized spacial score (nSPS) is 10.4. The van der Waals surface area contributed by atoms with E-state index >= 15 is 0 Å². The second kappa shape index (κ2) is 5.24. The maximum Gasteiger partial charge on any atom is 0.336 e. The third kappa shape index (κ3) is 2.49. The number of carboxylic acid groups (broad SMARTS) is 1. The van der Waals surface area contributed by atoms with Gasteiger partial charge in [0.2, 0.25) is 0 Å². The number of carboxylic acids is 1. The van der Waals surface area contributed by atoms with Crippen LogP contribution in [0.25, 0.3) is 11.1 Å². The maximum atomic E-state index is 11.4. The highest BCUT2D eigenvalue weighted by molar-refractivity contribution is 9.10. The van der Waals surface area contributed by atoms with Crippen LogP contribution in [0.2, 0.25) is 0 Å². The first kappa shape index (κ1) is 13.3. The Hall–Kier alpha value is -1.13. The van der Waals surface area contributed by atoms with Gasteiger partial charge in [-0.15, -0.1) is 0 Å². The van der Waals surface area contributed by atoms with Crippen LogP contribution in [0.5, 0.6) is 0 Å². The summed E-state index contributed by atoms with van der Waals surface area (Å²) in [5.74, 6) is -0.910. The van der Waals surface area contributed by atoms with Crippen LogP contribution >= 0.6 is 31.9 Å². The summed E-state index contributed by atoms with van der Waals surface area (Å²) in [5.41, 5.74) is 2.71. The zero-order valence-electron chi connectivity index (χ0n) is 9.58. The van der Waals surface area contributed by atoms with E-state index in [2.05, 4.69) is 31.9 Å². The van der Waals surface area contributed by atoms with Gasteiger partial charge in [0, 0.05) is 8.95 Å². The second-order valence-electron chi connectivity index (χ2n) is 3.91. The lowest BCUT2D eigenvalue weighted by Crippen LogP contribution is -2.03. The molecule has 0 aliphatic heterocycles. The lowest BCUT2D eigenvalue weighted by atomic mass is 9.96. The van der Waals surface area contributed by atoms with E-state index in [1.807, 2.05) is 36.4 Å². The fraction of sp³-hybridized carbons (Fsp3) is 0.0714. The molecule has 0 saturated heterocycles. The van der Waals surface area contributed by atoms with Gasteiger partial charge in [0.05, 0.1) is 5.56 Å². The lowest BCUT2D eigenvalue weighted by molar-refractivity contribution is 0.0697. The minimum atomic E-state index is -0.910. The summed E-state index contributed by atoms with van der Waals surface area (Å²) >= 11 is 6.73. The minimum Gasteiger partial charge on any atom is -0.478 e. The zero-order valence-corrected chi connectivity index (χ0v) is 12.7. The molecule has 0 fully saturated rings. The predicted molar refractivity (Wildman–Crippen MR) is 79.0 cm³/mol. The van der Waals surface area contributed by atoms with E-state index < -0.39 is 5.97 Å². The summed E-state index contributed by atoms with van der Waals surface area (Å²) in [6.07, 6.45) is 0. The van der Waals surface area contributed by atoms with E-state index in [-0.39, 0.29) is 0 Å². The molecule has 0 saturated carbocycles. The summed E-state index contributed by atoms with van der Waals surface area (Å²) in [6, 6.07) is 11.3. The third-order valence-electron chi connectivity index (χ3n) is 2.77. The Balaban J connectivity index is 2.68. The fourth-order valence-electron chi connectivity index (χ4n) is 1.83. The van der Waals surface area contributed by atoms with Crippen LogP contribution in [0, 0.1) is 6.92 Å². The average Bonchev–Trinajstić information content (AvgIpc) is 2.33. The molecule has 0 bridgehead atoms. The van der Waals surface area contributed by atoms with E-state index in [4.69, 9.17) is 0 Å². The molecule has 0 unspecified atom stereocenters. The van der Waals surface area contributed by atoms with Gasteiger partial charge in [-0.3, -0.25) is 0 Å². The zero-order chi connectivity index (χ0) is 13.3. The summed E-state index contributed by atoms with van der Waals surface area (Å²) in [6.45, 7) is 1.80. The summed E-state index contributed by atoms with van der Waals surface area (Å²) in [5, 5.41) is 9.36. The molecule has 0 amide bonds. The van der Waals surface area contributed by atoms with E-state index in [0.29, 0.717) is 5.56 Å². The van der Waals surface area contributed by atoms with Crippen molar-refractivity contribution < 1.29 is 9.90 Å². The van der Waals surface area contributed by atoms with Crippen molar-refractivity contribution in [3.8, 4) is 11.1 Å². The minimum absolute atomic E-state index is 0.340. The molecule has 0 spiro atoms. The molecule has 0 aliphatic rings. The third-order valence-corrected chi connectivity index (χ3v) is 4.16. The van der Waals surface area contributed by atoms with Gasteiger partial charge in [-0.1, -0.05) is 50.1 Å². The van der Waals surface area contributed by atoms with Crippen molar-refractivity contribution in [2.45, 2.75) is 6.92 Å². The van der Waals surface area contributed by atoms with Crippen molar-refractivity contribution in [2.75, 3.05) is 0 Å². The van der Waals surface area contributed by atoms with Gasteiger partial charge in [0.1, 0.15) is 0 Å². The molecule has 0 aliphatic carbocycles. The van der Waals surface area contributed by atoms with Gasteiger partial charge in [-0.2, -0.15) is 0 Å². The Morgan fingerprint density at radius 1 is 1.06 bits per heavy atom. The van der Waals surface area contributed by atoms with E-state index in [1.165, 1.54) is 0 Å². The molecular formula is C14H10Br2O2. The number of halogens is 2. The van der Waals surface area contributed by atoms with E-state index in [0.717, 1.165) is 25.6 Å². The summed E-state index contributed by atoms with van der Waals surface area (Å²) in [4.78, 5) is 11.4. The molecular weight excluding hydrogens is 360 g/mol. The molecule has 0 radical (unpaired) electrons. The number of rotatable bonds is 2. The van der Waals surface area contributed by atoms with Crippen LogP contribution < -0.4 is 0 Å². The van der Waals surface area contributed by atoms with Gasteiger partial charge < -0.3 is 5.11 Å². The van der Waals surface area contributed by atoms with Crippen molar-refractivity contribution in [2.24, 2.45) is 0 Å². The molecule has 92 valence electrons. The maximum absolute atomic E-state index is 11.4. The second-order valence-corrected chi connectivity index (χ2v) is 5.68. The Morgan fingerprint density at radius 2 is 1.67 bits per heavy atom. The van der Waals surface area contributed by atoms with Crippen LogP contribution in [-0.4, -0.2) is 11.1 Å². The number of carbonyl (C=O) groups is 1. The first-order valence-corrected chi connectivity index (χ1v) is 6.87. The standard InChI is InChI=1S/C14H10Br2O2/c1-8-12(16)7-6-11(13(8)14(17)18)9-2-4-10(15)5-3-9/h2-7H,1H3,(H,17,18). The van der Waals surface area contributed by atoms with Gasteiger partial charge >= 0.3 is 5.97 Å². The Bertz CT molecular complexity index is 604. The quantitative estimate of drug-likeness (QED) is 0.818. The molecule has 0 heterocycles. The van der Waals surface area contributed by atoms with E-state index in [9.17, 15) is 9.90 Å². The van der Waals surface area contributed by atoms with E-state index in [1.54, 1.807) is 6.92 Å². The summed E-state index contributed by atoms with van der Waals surface area (Å²) in [7, 11) is 0. The van der Waals surface area contributed by atoms with Crippen molar-refractivity contribution in [1.82, 2.24) is 0 Å². The van der Waals surface area contributed by atoms with Gasteiger partial charge in [-0.05, 0) is 41.8 Å². The van der Waals surface area contributed by atoms with Crippen LogP contribution in [-0.2, 0) is 0 Å². The predicted octanol–water partition coefficient (Wildman–Crippen LogP) is 4.89. The number of hydrogen-bond acceptors (Lipinski definition) is 1. The highest BCUT2D eigenvalue weighted by atomic mass is 79.9. The largest absolute Gasteiger partial charge is 0.478 e. The molecule has 2 nitrogen and oxygen atoms in total. The molecule has 2 aromatic rings. The molecule has 0 atom stereocenters. The van der Waals surface area contributed by atoms with Crippen LogP contribution in [0.1, 0.15) is 15.9 Å². The van der Waals surface area contributed by atoms with Gasteiger partial charge in [0.25, 0.3) is 0 Å². The number of aromatic carboxylic acids is 1. The van der Waals surface area contributed by atoms with Crippen molar-refractivity contribution in [3.05, 3.63) is 56.5 Å². The smallest absolute Gasteiger partial charge is 0.336 e. The van der Waals surface area contributed by atoms with Crippen molar-refractivity contribution >= 4 is 37.8 Å². The Labute approximate surface area is 122 Å². The van der Waals surface area contributed by atoms with Gasteiger partial charge in [0.15, 0.2) is 0 Å². The number of benzene rings is 2. The highest BCUT2D eigenvalue weighted by Crippen LogP contribution is 2.31. The van der Waals surface area contributed by atoms with Crippen LogP contribution in [0.3, 0.4) is 0 Å². The summed E-state index contributed by atoms with van der Waals surface area (Å²) < 4.78 is 1.78. The lowest BCUT2D eigenvalue weighted by Gasteiger charge is -2.11. The SMILES string of the molecule is Cc1c(Br)ccc(-c2ccc(Br)cc2)c1C(=O)O. The van der Waals surface area contributed by atoms with Crippen LogP contribution in [0.4, 0.5) is 0 Å². The first-order chi connectivity index (χ1) is 8.50. The molecule has 0 aromatic heterocycles. The average molecular weight is 370 g/mol. The monoisotopic (exact) mass is 368 g/mol. The molecule has 4 heteroatoms. The molecule has 2 aromatic carbocycles. The first-order valence-electron chi connectivity index (χ1n) is 5.29. The Kier molecular flexibility index (Phi) is 3.88. The van der Waals surface area contributed by atoms with Crippen molar-refractivity contribution in [3.63, 3.8) is 0 Å². The Morgan fingerprint density at radius 3 is 2.22 bits per heavy atom. The molecule has 18 heavy (non-hydrogen) atoms. The highest BCUT2D eigenvalue weighted by Gasteiger charge is 2.16. The fourth-order valence-corrected chi connectivity index (χ4v) is 2.43. The molecule has 1 N–H and O–H groups in total.